The van der Waals surface area contributed by atoms with Crippen LogP contribution in [0.15, 0.2) is 18.5 Å². The third-order valence-electron chi connectivity index (χ3n) is 3.59. The number of benzene rings is 1. The van der Waals surface area contributed by atoms with Crippen molar-refractivity contribution in [2.45, 2.75) is 33.7 Å². The molecule has 0 aliphatic rings. The number of anilines is 1. The highest BCUT2D eigenvalue weighted by atomic mass is 32.1. The molecule has 0 bridgehead atoms. The number of rotatable bonds is 4. The van der Waals surface area contributed by atoms with Crippen molar-refractivity contribution in [3.63, 3.8) is 0 Å². The second kappa shape index (κ2) is 5.84. The lowest BCUT2D eigenvalue weighted by Gasteiger charge is -2.06. The molecule has 1 N–H and O–H groups in total. The topological polar surface area (TPSA) is 72.7 Å². The van der Waals surface area contributed by atoms with Crippen molar-refractivity contribution in [2.24, 2.45) is 0 Å². The van der Waals surface area contributed by atoms with Crippen molar-refractivity contribution in [2.75, 3.05) is 5.32 Å². The van der Waals surface area contributed by atoms with Gasteiger partial charge in [0.15, 0.2) is 0 Å². The molecule has 0 atom stereocenters. The van der Waals surface area contributed by atoms with Gasteiger partial charge in [-0.25, -0.2) is 4.98 Å². The summed E-state index contributed by atoms with van der Waals surface area (Å²) < 4.78 is 2.01. The Labute approximate surface area is 132 Å². The molecule has 114 valence electrons. The minimum Gasteiger partial charge on any atom is -0.330 e. The average Bonchev–Trinajstić information content (AvgIpc) is 3.04. The number of carbonyl (C=O) groups is 1. The van der Waals surface area contributed by atoms with E-state index in [4.69, 9.17) is 0 Å². The standard InChI is InChI=1S/C15H17N5OS/c1-9-6-12-13(7-10(9)2)20(8-16-12)5-4-14(21)17-15-19-18-11(3)22-15/h6-8H,4-5H2,1-3H3,(H,17,19,21). The predicted molar refractivity (Wildman–Crippen MR) is 87.1 cm³/mol. The number of nitrogens with zero attached hydrogens (tertiary/aromatic N) is 4. The van der Waals surface area contributed by atoms with Crippen molar-refractivity contribution in [3.05, 3.63) is 34.6 Å². The van der Waals surface area contributed by atoms with Crippen molar-refractivity contribution in [3.8, 4) is 0 Å². The van der Waals surface area contributed by atoms with Crippen molar-refractivity contribution in [1.29, 1.82) is 0 Å². The van der Waals surface area contributed by atoms with Gasteiger partial charge in [0.2, 0.25) is 11.0 Å². The number of aromatic nitrogens is 4. The second-order valence-electron chi connectivity index (χ2n) is 5.29. The molecule has 0 unspecified atom stereocenters. The summed E-state index contributed by atoms with van der Waals surface area (Å²) in [5, 5.41) is 11.9. The molecule has 22 heavy (non-hydrogen) atoms. The van der Waals surface area contributed by atoms with Crippen LogP contribution in [0.4, 0.5) is 5.13 Å². The Morgan fingerprint density at radius 3 is 2.73 bits per heavy atom. The Morgan fingerprint density at radius 2 is 2.00 bits per heavy atom. The lowest BCUT2D eigenvalue weighted by atomic mass is 10.1. The van der Waals surface area contributed by atoms with Gasteiger partial charge in [-0.1, -0.05) is 11.3 Å². The van der Waals surface area contributed by atoms with Crippen LogP contribution in [-0.4, -0.2) is 25.7 Å². The van der Waals surface area contributed by atoms with E-state index in [1.54, 1.807) is 6.33 Å². The van der Waals surface area contributed by atoms with E-state index in [0.717, 1.165) is 16.0 Å². The molecule has 0 saturated heterocycles. The Bertz CT molecular complexity index is 836. The monoisotopic (exact) mass is 315 g/mol. The van der Waals surface area contributed by atoms with E-state index < -0.39 is 0 Å². The van der Waals surface area contributed by atoms with Crippen molar-refractivity contribution < 1.29 is 4.79 Å². The zero-order valence-corrected chi connectivity index (χ0v) is 13.6. The molecule has 7 heteroatoms. The van der Waals surface area contributed by atoms with Gasteiger partial charge in [-0.2, -0.15) is 0 Å². The van der Waals surface area contributed by atoms with E-state index in [2.05, 4.69) is 46.5 Å². The number of carbonyl (C=O) groups excluding carboxylic acids is 1. The van der Waals surface area contributed by atoms with Crippen LogP contribution >= 0.6 is 11.3 Å². The zero-order chi connectivity index (χ0) is 15.7. The maximum atomic E-state index is 12.0. The van der Waals surface area contributed by atoms with E-state index in [0.29, 0.717) is 18.1 Å². The Kier molecular flexibility index (Phi) is 3.89. The third-order valence-corrected chi connectivity index (χ3v) is 4.34. The number of imidazole rings is 1. The van der Waals surface area contributed by atoms with E-state index >= 15 is 0 Å². The van der Waals surface area contributed by atoms with Gasteiger partial charge in [0, 0.05) is 13.0 Å². The lowest BCUT2D eigenvalue weighted by molar-refractivity contribution is -0.116. The van der Waals surface area contributed by atoms with E-state index in [-0.39, 0.29) is 5.91 Å². The summed E-state index contributed by atoms with van der Waals surface area (Å²) in [6.45, 7) is 6.60. The summed E-state index contributed by atoms with van der Waals surface area (Å²) in [4.78, 5) is 16.4. The maximum Gasteiger partial charge on any atom is 0.227 e. The van der Waals surface area contributed by atoms with E-state index in [9.17, 15) is 4.79 Å². The van der Waals surface area contributed by atoms with Gasteiger partial charge in [-0.3, -0.25) is 4.79 Å². The van der Waals surface area contributed by atoms with Crippen LogP contribution in [0.25, 0.3) is 11.0 Å². The van der Waals surface area contributed by atoms with Gasteiger partial charge >= 0.3 is 0 Å². The molecule has 0 spiro atoms. The highest BCUT2D eigenvalue weighted by Gasteiger charge is 2.09. The molecule has 2 aromatic heterocycles. The Balaban J connectivity index is 1.68. The Morgan fingerprint density at radius 1 is 1.23 bits per heavy atom. The van der Waals surface area contributed by atoms with Gasteiger partial charge in [0.25, 0.3) is 0 Å². The molecule has 0 saturated carbocycles. The average molecular weight is 315 g/mol. The number of amides is 1. The highest BCUT2D eigenvalue weighted by Crippen LogP contribution is 2.19. The normalized spacial score (nSPS) is 11.0. The summed E-state index contributed by atoms with van der Waals surface area (Å²) in [5.41, 5.74) is 4.47. The van der Waals surface area contributed by atoms with Crippen LogP contribution in [0.5, 0.6) is 0 Å². The van der Waals surface area contributed by atoms with Crippen LogP contribution in [0.2, 0.25) is 0 Å². The molecule has 3 aromatic rings. The fourth-order valence-corrected chi connectivity index (χ4v) is 2.85. The quantitative estimate of drug-likeness (QED) is 0.803. The van der Waals surface area contributed by atoms with E-state index in [1.807, 2.05) is 11.5 Å². The molecule has 2 heterocycles. The largest absolute Gasteiger partial charge is 0.330 e. The van der Waals surface area contributed by atoms with Crippen LogP contribution < -0.4 is 5.32 Å². The van der Waals surface area contributed by atoms with Gasteiger partial charge in [-0.15, -0.1) is 10.2 Å². The lowest BCUT2D eigenvalue weighted by Crippen LogP contribution is -2.14. The molecule has 3 rings (SSSR count). The van der Waals surface area contributed by atoms with Crippen LogP contribution in [0, 0.1) is 20.8 Å². The number of hydrogen-bond acceptors (Lipinski definition) is 5. The SMILES string of the molecule is Cc1nnc(NC(=O)CCn2cnc3cc(C)c(C)cc32)s1. The second-order valence-corrected chi connectivity index (χ2v) is 6.47. The smallest absolute Gasteiger partial charge is 0.227 e. The van der Waals surface area contributed by atoms with Crippen molar-refractivity contribution >= 4 is 33.4 Å². The van der Waals surface area contributed by atoms with Crippen LogP contribution in [-0.2, 0) is 11.3 Å². The van der Waals surface area contributed by atoms with Crippen LogP contribution in [0.3, 0.4) is 0 Å². The molecule has 0 fully saturated rings. The van der Waals surface area contributed by atoms with Gasteiger partial charge in [-0.05, 0) is 44.0 Å². The summed E-state index contributed by atoms with van der Waals surface area (Å²) >= 11 is 1.37. The summed E-state index contributed by atoms with van der Waals surface area (Å²) in [6.07, 6.45) is 2.16. The van der Waals surface area contributed by atoms with Crippen LogP contribution in [0.1, 0.15) is 22.6 Å². The van der Waals surface area contributed by atoms with Gasteiger partial charge in [0.05, 0.1) is 17.4 Å². The molecule has 0 aliphatic heterocycles. The summed E-state index contributed by atoms with van der Waals surface area (Å²) in [5.74, 6) is -0.0677. The number of fused-ring (bicyclic) bond motifs is 1. The fraction of sp³-hybridized carbons (Fsp3) is 0.333. The van der Waals surface area contributed by atoms with Crippen molar-refractivity contribution in [1.82, 2.24) is 19.7 Å². The molecule has 0 radical (unpaired) electrons. The maximum absolute atomic E-state index is 12.0. The first-order chi connectivity index (χ1) is 10.5. The zero-order valence-electron chi connectivity index (χ0n) is 12.8. The molecule has 6 nitrogen and oxygen atoms in total. The molecule has 1 amide bonds. The molecule has 1 aromatic carbocycles. The van der Waals surface area contributed by atoms with Gasteiger partial charge < -0.3 is 9.88 Å². The summed E-state index contributed by atoms with van der Waals surface area (Å²) in [7, 11) is 0. The first-order valence-electron chi connectivity index (χ1n) is 7.05. The first-order valence-corrected chi connectivity index (χ1v) is 7.86. The molecule has 0 aliphatic carbocycles. The summed E-state index contributed by atoms with van der Waals surface area (Å²) in [6, 6.07) is 4.19. The van der Waals surface area contributed by atoms with E-state index in [1.165, 1.54) is 22.5 Å². The minimum absolute atomic E-state index is 0.0677. The fourth-order valence-electron chi connectivity index (χ4n) is 2.24. The molecular formula is C15H17N5OS. The highest BCUT2D eigenvalue weighted by molar-refractivity contribution is 7.15. The third kappa shape index (κ3) is 2.99. The van der Waals surface area contributed by atoms with Gasteiger partial charge in [0.1, 0.15) is 5.01 Å². The molecular weight excluding hydrogens is 298 g/mol. The number of aryl methyl sites for hydroxylation is 4. The predicted octanol–water partition coefficient (Wildman–Crippen LogP) is 2.84. The number of hydrogen-bond donors (Lipinski definition) is 1. The minimum atomic E-state index is -0.0677. The Hall–Kier alpha value is -2.28. The first kappa shape index (κ1) is 14.6. The number of nitrogens with one attached hydrogen (secondary N) is 1.